The molecule has 5 nitrogen and oxygen atoms in total. The van der Waals surface area contributed by atoms with E-state index in [0.29, 0.717) is 5.56 Å². The van der Waals surface area contributed by atoms with Crippen LogP contribution in [0.4, 0.5) is 0 Å². The maximum atomic E-state index is 12.5. The van der Waals surface area contributed by atoms with E-state index in [9.17, 15) is 24.9 Å². The van der Waals surface area contributed by atoms with E-state index in [4.69, 9.17) is 0 Å². The number of benzene rings is 2. The van der Waals surface area contributed by atoms with Gasteiger partial charge in [0, 0.05) is 5.56 Å². The average molecular weight is 270 g/mol. The van der Waals surface area contributed by atoms with Crippen molar-refractivity contribution in [2.24, 2.45) is 0 Å². The molecule has 2 aromatic carbocycles. The molecule has 0 spiro atoms. The molecule has 3 N–H and O–H groups in total. The van der Waals surface area contributed by atoms with Crippen molar-refractivity contribution in [3.05, 3.63) is 52.1 Å². The monoisotopic (exact) mass is 270 g/mol. The summed E-state index contributed by atoms with van der Waals surface area (Å²) in [6, 6.07) is 5.13. The lowest BCUT2D eigenvalue weighted by atomic mass is 9.81. The van der Waals surface area contributed by atoms with E-state index in [1.54, 1.807) is 6.92 Å². The highest BCUT2D eigenvalue weighted by atomic mass is 16.3. The standard InChI is InChI=1S/C15H10O5/c1-6-2-3-7(16)11-10(6)14(19)12-8(17)4-5-9(18)13(12)15(11)20/h2-5,16-18H,1H3. The molecule has 0 saturated carbocycles. The number of fused-ring (bicyclic) bond motifs is 2. The molecule has 20 heavy (non-hydrogen) atoms. The van der Waals surface area contributed by atoms with Crippen LogP contribution in [0.1, 0.15) is 37.4 Å². The van der Waals surface area contributed by atoms with E-state index in [1.165, 1.54) is 12.1 Å². The predicted molar refractivity (Wildman–Crippen MR) is 69.5 cm³/mol. The van der Waals surface area contributed by atoms with Crippen molar-refractivity contribution < 1.29 is 24.9 Å². The number of hydrogen-bond acceptors (Lipinski definition) is 5. The second-order valence-electron chi connectivity index (χ2n) is 4.66. The van der Waals surface area contributed by atoms with Crippen LogP contribution in [0.3, 0.4) is 0 Å². The molecule has 0 radical (unpaired) electrons. The SMILES string of the molecule is Cc1ccc(O)c2c1C(=O)c1c(O)ccc(O)c1C2=O. The Morgan fingerprint density at radius 2 is 1.00 bits per heavy atom. The molecule has 0 amide bonds. The third kappa shape index (κ3) is 1.37. The third-order valence-electron chi connectivity index (χ3n) is 3.46. The number of hydrogen-bond donors (Lipinski definition) is 3. The average Bonchev–Trinajstić information content (AvgIpc) is 2.41. The van der Waals surface area contributed by atoms with Crippen molar-refractivity contribution in [3.8, 4) is 17.2 Å². The fourth-order valence-electron chi connectivity index (χ4n) is 2.51. The van der Waals surface area contributed by atoms with Gasteiger partial charge in [-0.3, -0.25) is 9.59 Å². The molecule has 2 aromatic rings. The van der Waals surface area contributed by atoms with E-state index >= 15 is 0 Å². The van der Waals surface area contributed by atoms with Crippen LogP contribution in [0.15, 0.2) is 24.3 Å². The summed E-state index contributed by atoms with van der Waals surface area (Å²) in [5.41, 5.74) is -0.0593. The van der Waals surface area contributed by atoms with E-state index in [0.717, 1.165) is 12.1 Å². The Kier molecular flexibility index (Phi) is 2.34. The first-order valence-corrected chi connectivity index (χ1v) is 5.90. The van der Waals surface area contributed by atoms with Crippen LogP contribution in [-0.4, -0.2) is 26.9 Å². The number of aryl methyl sites for hydroxylation is 1. The molecule has 0 saturated heterocycles. The van der Waals surface area contributed by atoms with Crippen molar-refractivity contribution in [2.75, 3.05) is 0 Å². The van der Waals surface area contributed by atoms with Crippen LogP contribution in [0, 0.1) is 6.92 Å². The summed E-state index contributed by atoms with van der Waals surface area (Å²) in [6.07, 6.45) is 0. The molecule has 0 fully saturated rings. The Bertz CT molecular complexity index is 660. The van der Waals surface area contributed by atoms with E-state index in [1.807, 2.05) is 0 Å². The topological polar surface area (TPSA) is 94.8 Å². The van der Waals surface area contributed by atoms with Crippen LogP contribution in [0.5, 0.6) is 17.2 Å². The minimum absolute atomic E-state index is 0.0587. The zero-order valence-corrected chi connectivity index (χ0v) is 10.5. The summed E-state index contributed by atoms with van der Waals surface area (Å²) >= 11 is 0. The van der Waals surface area contributed by atoms with Crippen LogP contribution in [0.25, 0.3) is 0 Å². The molecule has 0 unspecified atom stereocenters. The molecule has 0 aliphatic heterocycles. The molecule has 100 valence electrons. The minimum Gasteiger partial charge on any atom is -0.507 e. The number of ketones is 2. The number of phenols is 3. The second-order valence-corrected chi connectivity index (χ2v) is 4.66. The van der Waals surface area contributed by atoms with Crippen LogP contribution in [0.2, 0.25) is 0 Å². The zero-order chi connectivity index (χ0) is 14.6. The largest absolute Gasteiger partial charge is 0.507 e. The zero-order valence-electron chi connectivity index (χ0n) is 10.5. The molecular formula is C15H10O5. The van der Waals surface area contributed by atoms with Gasteiger partial charge in [-0.15, -0.1) is 0 Å². The van der Waals surface area contributed by atoms with Gasteiger partial charge >= 0.3 is 0 Å². The summed E-state index contributed by atoms with van der Waals surface area (Å²) in [5.74, 6) is -2.36. The van der Waals surface area contributed by atoms with Gasteiger partial charge in [0.2, 0.25) is 5.78 Å². The van der Waals surface area contributed by atoms with Crippen LogP contribution < -0.4 is 0 Å². The molecule has 0 heterocycles. The fourth-order valence-corrected chi connectivity index (χ4v) is 2.51. The van der Waals surface area contributed by atoms with Gasteiger partial charge < -0.3 is 15.3 Å². The number of carbonyl (C=O) groups is 2. The van der Waals surface area contributed by atoms with Gasteiger partial charge in [0.05, 0.1) is 16.7 Å². The number of phenolic OH excluding ortho intramolecular Hbond substituents is 3. The quantitative estimate of drug-likeness (QED) is 0.542. The molecule has 0 bridgehead atoms. The predicted octanol–water partition coefficient (Wildman–Crippen LogP) is 1.89. The molecule has 1 aliphatic rings. The Hall–Kier alpha value is -2.82. The fraction of sp³-hybridized carbons (Fsp3) is 0.0667. The normalized spacial score (nSPS) is 13.1. The summed E-state index contributed by atoms with van der Waals surface area (Å²) in [7, 11) is 0. The Labute approximate surface area is 113 Å². The Morgan fingerprint density at radius 1 is 0.650 bits per heavy atom. The minimum atomic E-state index is -0.677. The van der Waals surface area contributed by atoms with Crippen molar-refractivity contribution in [1.29, 1.82) is 0 Å². The lowest BCUT2D eigenvalue weighted by Gasteiger charge is -2.21. The van der Waals surface area contributed by atoms with Gasteiger partial charge in [0.1, 0.15) is 17.2 Å². The van der Waals surface area contributed by atoms with Gasteiger partial charge in [-0.2, -0.15) is 0 Å². The number of rotatable bonds is 0. The number of carbonyl (C=O) groups excluding carboxylic acids is 2. The highest BCUT2D eigenvalue weighted by Crippen LogP contribution is 2.40. The van der Waals surface area contributed by atoms with Crippen molar-refractivity contribution in [1.82, 2.24) is 0 Å². The van der Waals surface area contributed by atoms with Gasteiger partial charge in [0.25, 0.3) is 0 Å². The lowest BCUT2D eigenvalue weighted by molar-refractivity contribution is 0.0971. The molecule has 3 rings (SSSR count). The molecule has 5 heteroatoms. The Balaban J connectivity index is 2.46. The third-order valence-corrected chi connectivity index (χ3v) is 3.46. The van der Waals surface area contributed by atoms with Crippen LogP contribution >= 0.6 is 0 Å². The summed E-state index contributed by atoms with van der Waals surface area (Å²) in [5, 5.41) is 29.4. The van der Waals surface area contributed by atoms with Gasteiger partial charge in [-0.05, 0) is 30.7 Å². The summed E-state index contributed by atoms with van der Waals surface area (Å²) < 4.78 is 0. The van der Waals surface area contributed by atoms with E-state index in [-0.39, 0.29) is 33.8 Å². The van der Waals surface area contributed by atoms with Crippen molar-refractivity contribution in [3.63, 3.8) is 0 Å². The summed E-state index contributed by atoms with van der Waals surface area (Å²) in [6.45, 7) is 1.63. The first kappa shape index (κ1) is 12.2. The smallest absolute Gasteiger partial charge is 0.202 e. The maximum Gasteiger partial charge on any atom is 0.202 e. The molecular weight excluding hydrogens is 260 g/mol. The maximum absolute atomic E-state index is 12.5. The highest BCUT2D eigenvalue weighted by Gasteiger charge is 2.37. The van der Waals surface area contributed by atoms with Gasteiger partial charge in [-0.25, -0.2) is 0 Å². The van der Waals surface area contributed by atoms with Crippen molar-refractivity contribution in [2.45, 2.75) is 6.92 Å². The Morgan fingerprint density at radius 3 is 1.50 bits per heavy atom. The molecule has 0 atom stereocenters. The van der Waals surface area contributed by atoms with E-state index < -0.39 is 17.3 Å². The highest BCUT2D eigenvalue weighted by molar-refractivity contribution is 6.31. The van der Waals surface area contributed by atoms with Crippen LogP contribution in [-0.2, 0) is 0 Å². The summed E-state index contributed by atoms with van der Waals surface area (Å²) in [4.78, 5) is 24.9. The number of aromatic hydroxyl groups is 3. The first-order chi connectivity index (χ1) is 9.43. The molecule has 1 aliphatic carbocycles. The van der Waals surface area contributed by atoms with Crippen molar-refractivity contribution >= 4 is 11.6 Å². The van der Waals surface area contributed by atoms with E-state index in [2.05, 4.69) is 0 Å². The second kappa shape index (κ2) is 3.84. The van der Waals surface area contributed by atoms with Gasteiger partial charge in [0.15, 0.2) is 5.78 Å². The first-order valence-electron chi connectivity index (χ1n) is 5.90. The molecule has 0 aromatic heterocycles. The van der Waals surface area contributed by atoms with Gasteiger partial charge in [-0.1, -0.05) is 6.07 Å². The lowest BCUT2D eigenvalue weighted by Crippen LogP contribution is -2.22.